The van der Waals surface area contributed by atoms with Gasteiger partial charge in [0.25, 0.3) is 5.91 Å². The zero-order chi connectivity index (χ0) is 23.7. The molecule has 5 rings (SSSR count). The summed E-state index contributed by atoms with van der Waals surface area (Å²) in [4.78, 5) is 26.2. The lowest BCUT2D eigenvalue weighted by molar-refractivity contribution is 0.102. The molecule has 0 spiro atoms. The molecule has 2 heterocycles. The largest absolute Gasteiger partial charge is 0.324 e. The van der Waals surface area contributed by atoms with Crippen LogP contribution < -0.4 is 10.6 Å². The number of fused-ring (bicyclic) bond motifs is 1. The second kappa shape index (κ2) is 9.03. The van der Waals surface area contributed by atoms with Crippen LogP contribution in [0.25, 0.3) is 20.8 Å². The molecule has 2 aromatic heterocycles. The molecular formula is C27H23N5OS. The Labute approximate surface area is 201 Å². The van der Waals surface area contributed by atoms with Gasteiger partial charge in [0.05, 0.1) is 10.2 Å². The lowest BCUT2D eigenvalue weighted by atomic mass is 10.1. The second-order valence-corrected chi connectivity index (χ2v) is 9.23. The van der Waals surface area contributed by atoms with Crippen molar-refractivity contribution in [2.75, 3.05) is 10.6 Å². The fourth-order valence-corrected chi connectivity index (χ4v) is 4.74. The maximum absolute atomic E-state index is 12.7. The zero-order valence-corrected chi connectivity index (χ0v) is 19.9. The molecule has 5 aromatic rings. The number of carbonyl (C=O) groups excluding carboxylic acids is 1. The predicted octanol–water partition coefficient (Wildman–Crippen LogP) is 6.67. The van der Waals surface area contributed by atoms with Crippen molar-refractivity contribution < 1.29 is 4.79 Å². The first kappa shape index (κ1) is 21.7. The standard InChI is InChI=1S/C27H23N5OS/c1-16-4-13-23-24(14-16)34-26(32-23)20-7-11-21(12-8-20)30-25(33)19-5-9-22(10-6-19)31-27-28-17(2)15-18(3)29-27/h4-15H,1-3H3,(H,30,33)(H,28,29,31). The highest BCUT2D eigenvalue weighted by Gasteiger charge is 2.09. The van der Waals surface area contributed by atoms with Gasteiger partial charge in [-0.05, 0) is 93.1 Å². The molecule has 3 aromatic carbocycles. The minimum Gasteiger partial charge on any atom is -0.324 e. The summed E-state index contributed by atoms with van der Waals surface area (Å²) in [6.07, 6.45) is 0. The van der Waals surface area contributed by atoms with E-state index >= 15 is 0 Å². The molecule has 0 saturated heterocycles. The van der Waals surface area contributed by atoms with Gasteiger partial charge in [0.1, 0.15) is 5.01 Å². The lowest BCUT2D eigenvalue weighted by Crippen LogP contribution is -2.11. The molecule has 2 N–H and O–H groups in total. The molecule has 1 amide bonds. The Morgan fingerprint density at radius 2 is 1.44 bits per heavy atom. The van der Waals surface area contributed by atoms with Gasteiger partial charge in [-0.3, -0.25) is 4.79 Å². The first-order valence-corrected chi connectivity index (χ1v) is 11.7. The molecule has 0 aliphatic carbocycles. The van der Waals surface area contributed by atoms with Crippen LogP contribution in [0.3, 0.4) is 0 Å². The summed E-state index contributed by atoms with van der Waals surface area (Å²) in [5.74, 6) is 0.371. The van der Waals surface area contributed by atoms with Gasteiger partial charge < -0.3 is 10.6 Å². The molecule has 6 nitrogen and oxygen atoms in total. The summed E-state index contributed by atoms with van der Waals surface area (Å²) in [6, 6.07) is 23.2. The van der Waals surface area contributed by atoms with Gasteiger partial charge in [0.15, 0.2) is 0 Å². The van der Waals surface area contributed by atoms with E-state index in [1.165, 1.54) is 10.3 Å². The number of nitrogens with zero attached hydrogens (tertiary/aromatic N) is 3. The van der Waals surface area contributed by atoms with E-state index < -0.39 is 0 Å². The first-order valence-electron chi connectivity index (χ1n) is 10.9. The van der Waals surface area contributed by atoms with Crippen LogP contribution in [-0.2, 0) is 0 Å². The monoisotopic (exact) mass is 465 g/mol. The number of nitrogens with one attached hydrogen (secondary N) is 2. The number of thiazole rings is 1. The summed E-state index contributed by atoms with van der Waals surface area (Å²) in [7, 11) is 0. The summed E-state index contributed by atoms with van der Waals surface area (Å²) < 4.78 is 1.18. The van der Waals surface area contributed by atoms with Crippen LogP contribution in [0, 0.1) is 20.8 Å². The van der Waals surface area contributed by atoms with E-state index in [2.05, 4.69) is 45.7 Å². The van der Waals surface area contributed by atoms with Gasteiger partial charge in [-0.25, -0.2) is 15.0 Å². The zero-order valence-electron chi connectivity index (χ0n) is 19.1. The number of hydrogen-bond donors (Lipinski definition) is 2. The van der Waals surface area contributed by atoms with Gasteiger partial charge in [-0.1, -0.05) is 6.07 Å². The Balaban J connectivity index is 1.25. The number of rotatable bonds is 5. The third-order valence-electron chi connectivity index (χ3n) is 5.32. The Kier molecular flexibility index (Phi) is 5.77. The van der Waals surface area contributed by atoms with Gasteiger partial charge in [-0.2, -0.15) is 0 Å². The molecule has 0 fully saturated rings. The number of anilines is 3. The van der Waals surface area contributed by atoms with Crippen molar-refractivity contribution in [1.29, 1.82) is 0 Å². The number of amides is 1. The summed E-state index contributed by atoms with van der Waals surface area (Å²) in [5, 5.41) is 7.10. The van der Waals surface area contributed by atoms with Crippen molar-refractivity contribution in [2.45, 2.75) is 20.8 Å². The van der Waals surface area contributed by atoms with E-state index in [1.807, 2.05) is 56.3 Å². The van der Waals surface area contributed by atoms with Crippen molar-refractivity contribution >= 4 is 44.8 Å². The van der Waals surface area contributed by atoms with Crippen LogP contribution in [0.1, 0.15) is 27.3 Å². The number of aryl methyl sites for hydroxylation is 3. The molecule has 7 heteroatoms. The van der Waals surface area contributed by atoms with Crippen molar-refractivity contribution in [1.82, 2.24) is 15.0 Å². The quantitative estimate of drug-likeness (QED) is 0.303. The van der Waals surface area contributed by atoms with Crippen LogP contribution >= 0.6 is 11.3 Å². The van der Waals surface area contributed by atoms with E-state index in [0.29, 0.717) is 11.5 Å². The van der Waals surface area contributed by atoms with E-state index in [0.717, 1.165) is 38.9 Å². The van der Waals surface area contributed by atoms with Crippen LogP contribution in [0.4, 0.5) is 17.3 Å². The van der Waals surface area contributed by atoms with Crippen LogP contribution in [-0.4, -0.2) is 20.9 Å². The molecular weight excluding hydrogens is 442 g/mol. The number of carbonyl (C=O) groups is 1. The third-order valence-corrected chi connectivity index (χ3v) is 6.39. The van der Waals surface area contributed by atoms with Gasteiger partial charge in [0.2, 0.25) is 5.95 Å². The van der Waals surface area contributed by atoms with Crippen LogP contribution in [0.15, 0.2) is 72.8 Å². The van der Waals surface area contributed by atoms with Gasteiger partial charge in [0, 0.05) is 33.9 Å². The second-order valence-electron chi connectivity index (χ2n) is 8.20. The fourth-order valence-electron chi connectivity index (χ4n) is 3.67. The average molecular weight is 466 g/mol. The van der Waals surface area contributed by atoms with E-state index in [9.17, 15) is 4.79 Å². The number of hydrogen-bond acceptors (Lipinski definition) is 6. The summed E-state index contributed by atoms with van der Waals surface area (Å²) >= 11 is 1.67. The molecule has 0 unspecified atom stereocenters. The van der Waals surface area contributed by atoms with E-state index in [-0.39, 0.29) is 5.91 Å². The van der Waals surface area contributed by atoms with E-state index in [4.69, 9.17) is 4.98 Å². The van der Waals surface area contributed by atoms with Crippen molar-refractivity contribution in [3.63, 3.8) is 0 Å². The highest BCUT2D eigenvalue weighted by Crippen LogP contribution is 2.31. The van der Waals surface area contributed by atoms with Crippen LogP contribution in [0.5, 0.6) is 0 Å². The van der Waals surface area contributed by atoms with Crippen molar-refractivity contribution in [2.24, 2.45) is 0 Å². The topological polar surface area (TPSA) is 79.8 Å². The highest BCUT2D eigenvalue weighted by molar-refractivity contribution is 7.21. The fraction of sp³-hybridized carbons (Fsp3) is 0.111. The first-order chi connectivity index (χ1) is 16.4. The highest BCUT2D eigenvalue weighted by atomic mass is 32.1. The normalized spacial score (nSPS) is 10.9. The van der Waals surface area contributed by atoms with Crippen molar-refractivity contribution in [3.05, 3.63) is 95.3 Å². The Morgan fingerprint density at radius 3 is 2.15 bits per heavy atom. The smallest absolute Gasteiger partial charge is 0.255 e. The molecule has 0 radical (unpaired) electrons. The Bertz CT molecular complexity index is 1470. The third kappa shape index (κ3) is 4.79. The Morgan fingerprint density at radius 1 is 0.765 bits per heavy atom. The Hall–Kier alpha value is -4.10. The van der Waals surface area contributed by atoms with E-state index in [1.54, 1.807) is 23.5 Å². The van der Waals surface area contributed by atoms with Crippen molar-refractivity contribution in [3.8, 4) is 10.6 Å². The summed E-state index contributed by atoms with van der Waals surface area (Å²) in [6.45, 7) is 5.94. The molecule has 0 aliphatic heterocycles. The van der Waals surface area contributed by atoms with Gasteiger partial charge in [-0.15, -0.1) is 11.3 Å². The molecule has 0 aliphatic rings. The average Bonchev–Trinajstić information content (AvgIpc) is 3.22. The summed E-state index contributed by atoms with van der Waals surface area (Å²) in [5.41, 5.74) is 7.17. The number of aromatic nitrogens is 3. The SMILES string of the molecule is Cc1ccc2nc(-c3ccc(NC(=O)c4ccc(Nc5nc(C)cc(C)n5)cc4)cc3)sc2c1. The molecule has 0 bridgehead atoms. The molecule has 168 valence electrons. The molecule has 34 heavy (non-hydrogen) atoms. The lowest BCUT2D eigenvalue weighted by Gasteiger charge is -2.09. The van der Waals surface area contributed by atoms with Gasteiger partial charge >= 0.3 is 0 Å². The molecule has 0 atom stereocenters. The minimum atomic E-state index is -0.169. The van der Waals surface area contributed by atoms with Crippen LogP contribution in [0.2, 0.25) is 0 Å². The maximum atomic E-state index is 12.7. The number of benzene rings is 3. The predicted molar refractivity (Wildman–Crippen MR) is 139 cm³/mol. The maximum Gasteiger partial charge on any atom is 0.255 e. The minimum absolute atomic E-state index is 0.169. The molecule has 0 saturated carbocycles.